The van der Waals surface area contributed by atoms with Crippen LogP contribution in [0.4, 0.5) is 17.3 Å². The van der Waals surface area contributed by atoms with Gasteiger partial charge in [0.05, 0.1) is 43.2 Å². The summed E-state index contributed by atoms with van der Waals surface area (Å²) in [7, 11) is 1.87. The second-order valence-electron chi connectivity index (χ2n) is 7.03. The Hall–Kier alpha value is -3.46. The normalized spacial score (nSPS) is 14.4. The van der Waals surface area contributed by atoms with Crippen molar-refractivity contribution in [1.82, 2.24) is 29.5 Å². The second kappa shape index (κ2) is 7.51. The first-order chi connectivity index (χ1) is 14.3. The molecule has 0 aliphatic carbocycles. The van der Waals surface area contributed by atoms with E-state index in [9.17, 15) is 0 Å². The molecule has 9 nitrogen and oxygen atoms in total. The number of para-hydroxylation sites is 1. The summed E-state index contributed by atoms with van der Waals surface area (Å²) in [6.07, 6.45) is 7.21. The van der Waals surface area contributed by atoms with E-state index in [4.69, 9.17) is 4.74 Å². The Morgan fingerprint density at radius 3 is 2.76 bits per heavy atom. The van der Waals surface area contributed by atoms with Gasteiger partial charge in [-0.3, -0.25) is 4.68 Å². The minimum absolute atomic E-state index is 0.522. The van der Waals surface area contributed by atoms with E-state index in [1.54, 1.807) is 23.3 Å². The summed E-state index contributed by atoms with van der Waals surface area (Å²) >= 11 is 0. The number of benzene rings is 1. The number of hydrogen-bond acceptors (Lipinski definition) is 7. The zero-order chi connectivity index (χ0) is 19.6. The molecule has 4 aromatic rings. The number of ether oxygens (including phenoxy) is 1. The molecule has 3 aromatic heterocycles. The summed E-state index contributed by atoms with van der Waals surface area (Å²) in [5, 5.41) is 12.8. The van der Waals surface area contributed by atoms with Gasteiger partial charge in [0.2, 0.25) is 5.95 Å². The van der Waals surface area contributed by atoms with Gasteiger partial charge in [-0.05, 0) is 11.6 Å². The first kappa shape index (κ1) is 17.6. The molecule has 0 bridgehead atoms. The fourth-order valence-corrected chi connectivity index (χ4v) is 3.58. The number of hydrogen-bond donors (Lipinski definition) is 1. The lowest BCUT2D eigenvalue weighted by Crippen LogP contribution is -2.36. The van der Waals surface area contributed by atoms with Crippen molar-refractivity contribution in [2.45, 2.75) is 6.54 Å². The molecule has 0 atom stereocenters. The van der Waals surface area contributed by atoms with Crippen LogP contribution in [0.25, 0.3) is 11.0 Å². The number of nitrogens with zero attached hydrogens (tertiary/aromatic N) is 7. The van der Waals surface area contributed by atoms with Gasteiger partial charge in [-0.25, -0.2) is 9.67 Å². The number of anilines is 3. The zero-order valence-electron chi connectivity index (χ0n) is 16.2. The molecule has 0 unspecified atom stereocenters. The van der Waals surface area contributed by atoms with Crippen LogP contribution < -0.4 is 10.2 Å². The van der Waals surface area contributed by atoms with Crippen molar-refractivity contribution >= 4 is 28.4 Å². The Balaban J connectivity index is 1.44. The minimum Gasteiger partial charge on any atom is -0.378 e. The smallest absolute Gasteiger partial charge is 0.229 e. The third-order valence-electron chi connectivity index (χ3n) is 5.00. The lowest BCUT2D eigenvalue weighted by atomic mass is 10.1. The molecule has 0 amide bonds. The number of rotatable bonds is 5. The molecule has 1 aliphatic rings. The first-order valence-corrected chi connectivity index (χ1v) is 9.61. The largest absolute Gasteiger partial charge is 0.378 e. The van der Waals surface area contributed by atoms with E-state index in [2.05, 4.69) is 54.6 Å². The topological polar surface area (TPSA) is 85.9 Å². The minimum atomic E-state index is 0.522. The first-order valence-electron chi connectivity index (χ1n) is 9.61. The fraction of sp³-hybridized carbons (Fsp3) is 0.300. The van der Waals surface area contributed by atoms with Crippen LogP contribution in [0.5, 0.6) is 0 Å². The third kappa shape index (κ3) is 3.64. The van der Waals surface area contributed by atoms with Crippen LogP contribution in [0.2, 0.25) is 0 Å². The lowest BCUT2D eigenvalue weighted by molar-refractivity contribution is 0.122. The van der Waals surface area contributed by atoms with Crippen LogP contribution in [0.3, 0.4) is 0 Å². The summed E-state index contributed by atoms with van der Waals surface area (Å²) in [6.45, 7) is 3.96. The van der Waals surface area contributed by atoms with Crippen molar-refractivity contribution in [1.29, 1.82) is 0 Å². The SMILES string of the molecule is Cn1cc(Nc2ncc3cnn(Cc4ccccc4N4CCOCC4)c3n2)cn1. The molecule has 1 N–H and O–H groups in total. The van der Waals surface area contributed by atoms with E-state index in [1.165, 1.54) is 11.3 Å². The number of morpholine rings is 1. The molecule has 0 saturated carbocycles. The van der Waals surface area contributed by atoms with Crippen molar-refractivity contribution in [3.63, 3.8) is 0 Å². The van der Waals surface area contributed by atoms with Crippen LogP contribution in [-0.4, -0.2) is 55.8 Å². The molecule has 4 heterocycles. The molecule has 148 valence electrons. The molecule has 0 spiro atoms. The van der Waals surface area contributed by atoms with Crippen molar-refractivity contribution in [2.24, 2.45) is 7.05 Å². The molecule has 9 heteroatoms. The average Bonchev–Trinajstić information content (AvgIpc) is 3.35. The predicted octanol–water partition coefficient (Wildman–Crippen LogP) is 2.19. The summed E-state index contributed by atoms with van der Waals surface area (Å²) < 4.78 is 9.15. The maximum atomic E-state index is 5.50. The molecule has 1 aliphatic heterocycles. The summed E-state index contributed by atoms with van der Waals surface area (Å²) in [4.78, 5) is 11.4. The fourth-order valence-electron chi connectivity index (χ4n) is 3.58. The second-order valence-corrected chi connectivity index (χ2v) is 7.03. The Labute approximate surface area is 167 Å². The molecule has 1 fully saturated rings. The van der Waals surface area contributed by atoms with E-state index in [0.717, 1.165) is 43.0 Å². The standard InChI is InChI=1S/C20H22N8O/c1-26-14-17(12-22-26)24-20-21-10-16-11-23-28(19(16)25-20)13-15-4-2-3-5-18(15)27-6-8-29-9-7-27/h2-5,10-12,14H,6-9,13H2,1H3,(H,21,24,25). The zero-order valence-corrected chi connectivity index (χ0v) is 16.2. The van der Waals surface area contributed by atoms with Gasteiger partial charge in [-0.15, -0.1) is 0 Å². The third-order valence-corrected chi connectivity index (χ3v) is 5.00. The van der Waals surface area contributed by atoms with Gasteiger partial charge in [0.1, 0.15) is 0 Å². The molecule has 1 aromatic carbocycles. The van der Waals surface area contributed by atoms with E-state index in [-0.39, 0.29) is 0 Å². The predicted molar refractivity (Wildman–Crippen MR) is 110 cm³/mol. The average molecular weight is 390 g/mol. The Bertz CT molecular complexity index is 1130. The number of aryl methyl sites for hydroxylation is 1. The maximum absolute atomic E-state index is 5.50. The van der Waals surface area contributed by atoms with Gasteiger partial charge in [-0.2, -0.15) is 15.2 Å². The number of aromatic nitrogens is 6. The maximum Gasteiger partial charge on any atom is 0.229 e. The van der Waals surface area contributed by atoms with Crippen molar-refractivity contribution in [3.8, 4) is 0 Å². The number of fused-ring (bicyclic) bond motifs is 1. The van der Waals surface area contributed by atoms with E-state index >= 15 is 0 Å². The molecule has 1 saturated heterocycles. The van der Waals surface area contributed by atoms with Gasteiger partial charge in [-0.1, -0.05) is 18.2 Å². The van der Waals surface area contributed by atoms with Crippen LogP contribution in [0.15, 0.2) is 49.1 Å². The monoisotopic (exact) mass is 390 g/mol. The van der Waals surface area contributed by atoms with Gasteiger partial charge in [0, 0.05) is 38.2 Å². The lowest BCUT2D eigenvalue weighted by Gasteiger charge is -2.30. The molecule has 29 heavy (non-hydrogen) atoms. The highest BCUT2D eigenvalue weighted by atomic mass is 16.5. The van der Waals surface area contributed by atoms with E-state index in [0.29, 0.717) is 12.5 Å². The summed E-state index contributed by atoms with van der Waals surface area (Å²) in [6, 6.07) is 8.45. The summed E-state index contributed by atoms with van der Waals surface area (Å²) in [5.74, 6) is 0.522. The van der Waals surface area contributed by atoms with Gasteiger partial charge < -0.3 is 15.0 Å². The van der Waals surface area contributed by atoms with Crippen LogP contribution in [0.1, 0.15) is 5.56 Å². The molecular weight excluding hydrogens is 368 g/mol. The number of nitrogens with one attached hydrogen (secondary N) is 1. The quantitative estimate of drug-likeness (QED) is 0.559. The van der Waals surface area contributed by atoms with Gasteiger partial charge in [0.15, 0.2) is 5.65 Å². The van der Waals surface area contributed by atoms with E-state index < -0.39 is 0 Å². The van der Waals surface area contributed by atoms with Gasteiger partial charge in [0.25, 0.3) is 0 Å². The highest BCUT2D eigenvalue weighted by Gasteiger charge is 2.16. The Morgan fingerprint density at radius 2 is 1.93 bits per heavy atom. The molecule has 5 rings (SSSR count). The Kier molecular flexibility index (Phi) is 4.57. The van der Waals surface area contributed by atoms with E-state index in [1.807, 2.05) is 17.9 Å². The van der Waals surface area contributed by atoms with Crippen molar-refractivity contribution < 1.29 is 4.74 Å². The van der Waals surface area contributed by atoms with Crippen LogP contribution in [0, 0.1) is 0 Å². The Morgan fingerprint density at radius 1 is 1.07 bits per heavy atom. The van der Waals surface area contributed by atoms with Crippen LogP contribution in [-0.2, 0) is 18.3 Å². The molecule has 0 radical (unpaired) electrons. The highest BCUT2D eigenvalue weighted by Crippen LogP contribution is 2.24. The van der Waals surface area contributed by atoms with Crippen molar-refractivity contribution in [3.05, 3.63) is 54.6 Å². The summed E-state index contributed by atoms with van der Waals surface area (Å²) in [5.41, 5.74) is 4.07. The van der Waals surface area contributed by atoms with Gasteiger partial charge >= 0.3 is 0 Å². The molecular formula is C20H22N8O. The highest BCUT2D eigenvalue weighted by molar-refractivity contribution is 5.75. The van der Waals surface area contributed by atoms with Crippen LogP contribution >= 0.6 is 0 Å². The van der Waals surface area contributed by atoms with Crippen molar-refractivity contribution in [2.75, 3.05) is 36.5 Å².